The third-order valence-electron chi connectivity index (χ3n) is 2.70. The summed E-state index contributed by atoms with van der Waals surface area (Å²) in [4.78, 5) is 12.1. The van der Waals surface area contributed by atoms with Gasteiger partial charge >= 0.3 is 0 Å². The number of hydrogen-bond acceptors (Lipinski definition) is 4. The normalized spacial score (nSPS) is 19.2. The molecule has 17 heavy (non-hydrogen) atoms. The van der Waals surface area contributed by atoms with Crippen molar-refractivity contribution >= 4 is 28.6 Å². The number of hydrogen-bond donors (Lipinski definition) is 1. The second-order valence-corrected chi connectivity index (χ2v) is 6.32. The maximum atomic E-state index is 12.1. The molecule has 6 heteroatoms. The van der Waals surface area contributed by atoms with Gasteiger partial charge in [-0.3, -0.25) is 4.79 Å². The molecule has 0 spiro atoms. The SMILES string of the molecule is CC(CS)CN1C(=O)c2ccccc2S1(=O)=O. The average Bonchev–Trinajstić information content (AvgIpc) is 2.51. The zero-order valence-corrected chi connectivity index (χ0v) is 11.0. The Morgan fingerprint density at radius 2 is 2.00 bits per heavy atom. The van der Waals surface area contributed by atoms with Gasteiger partial charge in [0.25, 0.3) is 15.9 Å². The van der Waals surface area contributed by atoms with Gasteiger partial charge in [0, 0.05) is 6.54 Å². The van der Waals surface area contributed by atoms with Gasteiger partial charge in [-0.25, -0.2) is 12.7 Å². The van der Waals surface area contributed by atoms with E-state index >= 15 is 0 Å². The van der Waals surface area contributed by atoms with Crippen LogP contribution in [-0.2, 0) is 10.0 Å². The summed E-state index contributed by atoms with van der Waals surface area (Å²) in [5, 5.41) is 0. The van der Waals surface area contributed by atoms with Crippen molar-refractivity contribution in [3.63, 3.8) is 0 Å². The fraction of sp³-hybridized carbons (Fsp3) is 0.364. The first kappa shape index (κ1) is 12.4. The number of amides is 1. The molecular weight excluding hydrogens is 258 g/mol. The highest BCUT2D eigenvalue weighted by atomic mass is 32.2. The van der Waals surface area contributed by atoms with Gasteiger partial charge in [0.15, 0.2) is 0 Å². The zero-order valence-electron chi connectivity index (χ0n) is 9.33. The van der Waals surface area contributed by atoms with Gasteiger partial charge in [0.2, 0.25) is 0 Å². The molecule has 0 radical (unpaired) electrons. The van der Waals surface area contributed by atoms with Gasteiger partial charge in [-0.05, 0) is 23.8 Å². The highest BCUT2D eigenvalue weighted by Crippen LogP contribution is 2.30. The molecule has 0 N–H and O–H groups in total. The molecule has 1 atom stereocenters. The van der Waals surface area contributed by atoms with Gasteiger partial charge in [-0.2, -0.15) is 12.6 Å². The molecule has 1 unspecified atom stereocenters. The summed E-state index contributed by atoms with van der Waals surface area (Å²) in [5.74, 6) is 0.135. The highest BCUT2D eigenvalue weighted by Gasteiger charge is 2.40. The lowest BCUT2D eigenvalue weighted by Gasteiger charge is -2.18. The average molecular weight is 271 g/mol. The topological polar surface area (TPSA) is 54.5 Å². The van der Waals surface area contributed by atoms with E-state index in [1.807, 2.05) is 6.92 Å². The molecule has 0 aromatic heterocycles. The van der Waals surface area contributed by atoms with E-state index in [4.69, 9.17) is 0 Å². The van der Waals surface area contributed by atoms with Crippen LogP contribution in [-0.4, -0.2) is 30.9 Å². The minimum Gasteiger partial charge on any atom is -0.268 e. The summed E-state index contributed by atoms with van der Waals surface area (Å²) in [6.45, 7) is 2.04. The van der Waals surface area contributed by atoms with E-state index in [-0.39, 0.29) is 22.9 Å². The third-order valence-corrected chi connectivity index (χ3v) is 5.13. The molecule has 1 aliphatic rings. The second kappa shape index (κ2) is 4.34. The Kier molecular flexibility index (Phi) is 3.18. The molecule has 1 amide bonds. The summed E-state index contributed by atoms with van der Waals surface area (Å²) in [6, 6.07) is 6.29. The van der Waals surface area contributed by atoms with Crippen LogP contribution in [0.3, 0.4) is 0 Å². The first-order valence-corrected chi connectivity index (χ1v) is 7.32. The monoisotopic (exact) mass is 271 g/mol. The van der Waals surface area contributed by atoms with Gasteiger partial charge in [-0.15, -0.1) is 0 Å². The van der Waals surface area contributed by atoms with E-state index in [0.717, 1.165) is 4.31 Å². The van der Waals surface area contributed by atoms with Crippen molar-refractivity contribution in [1.29, 1.82) is 0 Å². The van der Waals surface area contributed by atoms with Gasteiger partial charge in [-0.1, -0.05) is 19.1 Å². The Morgan fingerprint density at radius 1 is 1.35 bits per heavy atom. The lowest BCUT2D eigenvalue weighted by atomic mass is 10.2. The number of carbonyl (C=O) groups is 1. The minimum atomic E-state index is -3.65. The summed E-state index contributed by atoms with van der Waals surface area (Å²) >= 11 is 4.10. The minimum absolute atomic E-state index is 0.0337. The number of fused-ring (bicyclic) bond motifs is 1. The van der Waals surface area contributed by atoms with Crippen molar-refractivity contribution < 1.29 is 13.2 Å². The van der Waals surface area contributed by atoms with E-state index in [0.29, 0.717) is 5.75 Å². The summed E-state index contributed by atoms with van der Waals surface area (Å²) < 4.78 is 25.2. The molecule has 1 aromatic rings. The van der Waals surface area contributed by atoms with Crippen LogP contribution in [0.1, 0.15) is 17.3 Å². The van der Waals surface area contributed by atoms with Crippen LogP contribution in [0.15, 0.2) is 29.2 Å². The van der Waals surface area contributed by atoms with Crippen LogP contribution in [0.25, 0.3) is 0 Å². The third kappa shape index (κ3) is 1.95. The maximum absolute atomic E-state index is 12.1. The van der Waals surface area contributed by atoms with E-state index in [1.54, 1.807) is 18.2 Å². The summed E-state index contributed by atoms with van der Waals surface area (Å²) in [7, 11) is -3.65. The summed E-state index contributed by atoms with van der Waals surface area (Å²) in [6.07, 6.45) is 0. The first-order chi connectivity index (χ1) is 7.98. The molecule has 1 heterocycles. The molecule has 1 aromatic carbocycles. The number of rotatable bonds is 3. The Bertz CT molecular complexity index is 554. The Balaban J connectivity index is 2.44. The molecule has 0 saturated carbocycles. The highest BCUT2D eigenvalue weighted by molar-refractivity contribution is 7.90. The van der Waals surface area contributed by atoms with Gasteiger partial charge in [0.05, 0.1) is 5.56 Å². The van der Waals surface area contributed by atoms with Crippen LogP contribution < -0.4 is 0 Å². The predicted molar refractivity (Wildman–Crippen MR) is 67.7 cm³/mol. The molecule has 0 bridgehead atoms. The van der Waals surface area contributed by atoms with Gasteiger partial charge in [0.1, 0.15) is 4.90 Å². The predicted octanol–water partition coefficient (Wildman–Crippen LogP) is 1.40. The first-order valence-electron chi connectivity index (χ1n) is 5.25. The van der Waals surface area contributed by atoms with Crippen molar-refractivity contribution in [2.75, 3.05) is 12.3 Å². The molecule has 2 rings (SSSR count). The van der Waals surface area contributed by atoms with Crippen molar-refractivity contribution in [2.45, 2.75) is 11.8 Å². The number of carbonyl (C=O) groups excluding carboxylic acids is 1. The van der Waals surface area contributed by atoms with Crippen LogP contribution in [0, 0.1) is 5.92 Å². The van der Waals surface area contributed by atoms with E-state index in [1.165, 1.54) is 6.07 Å². The van der Waals surface area contributed by atoms with Crippen LogP contribution in [0.5, 0.6) is 0 Å². The second-order valence-electron chi connectivity index (χ2n) is 4.13. The molecule has 0 saturated heterocycles. The zero-order chi connectivity index (χ0) is 12.6. The Labute approximate surface area is 106 Å². The lowest BCUT2D eigenvalue weighted by molar-refractivity contribution is 0.0861. The number of nitrogens with zero attached hydrogens (tertiary/aromatic N) is 1. The van der Waals surface area contributed by atoms with E-state index in [2.05, 4.69) is 12.6 Å². The van der Waals surface area contributed by atoms with Crippen molar-refractivity contribution in [3.05, 3.63) is 29.8 Å². The smallest absolute Gasteiger partial charge is 0.268 e. The van der Waals surface area contributed by atoms with Crippen LogP contribution >= 0.6 is 12.6 Å². The molecule has 92 valence electrons. The fourth-order valence-corrected chi connectivity index (χ4v) is 3.56. The Hall–Kier alpha value is -1.01. The van der Waals surface area contributed by atoms with Crippen molar-refractivity contribution in [2.24, 2.45) is 5.92 Å². The maximum Gasteiger partial charge on any atom is 0.269 e. The molecule has 1 aliphatic heterocycles. The van der Waals surface area contributed by atoms with Crippen LogP contribution in [0.4, 0.5) is 0 Å². The Morgan fingerprint density at radius 3 is 2.59 bits per heavy atom. The number of thiol groups is 1. The molecule has 4 nitrogen and oxygen atoms in total. The van der Waals surface area contributed by atoms with Crippen molar-refractivity contribution in [3.8, 4) is 0 Å². The van der Waals surface area contributed by atoms with Crippen molar-refractivity contribution in [1.82, 2.24) is 4.31 Å². The number of benzene rings is 1. The largest absolute Gasteiger partial charge is 0.269 e. The molecule has 0 fully saturated rings. The fourth-order valence-electron chi connectivity index (χ4n) is 1.75. The molecular formula is C11H13NO3S2. The standard InChI is InChI=1S/C11H13NO3S2/c1-8(7-16)6-12-11(13)9-4-2-3-5-10(9)17(12,14)15/h2-5,8,16H,6-7H2,1H3. The molecule has 0 aliphatic carbocycles. The van der Waals surface area contributed by atoms with Crippen LogP contribution in [0.2, 0.25) is 0 Å². The quantitative estimate of drug-likeness (QED) is 0.845. The summed E-state index contributed by atoms with van der Waals surface area (Å²) in [5.41, 5.74) is 0.263. The number of sulfonamides is 1. The van der Waals surface area contributed by atoms with Gasteiger partial charge < -0.3 is 0 Å². The van der Waals surface area contributed by atoms with E-state index in [9.17, 15) is 13.2 Å². The van der Waals surface area contributed by atoms with E-state index < -0.39 is 15.9 Å². The lowest BCUT2D eigenvalue weighted by Crippen LogP contribution is -2.34.